The number of halogens is 1. The Morgan fingerprint density at radius 2 is 1.89 bits per heavy atom. The average molecular weight is 314 g/mol. The molecule has 0 atom stereocenters. The second kappa shape index (κ2) is 5.10. The van der Waals surface area contributed by atoms with Crippen molar-refractivity contribution in [1.29, 1.82) is 0 Å². The van der Waals surface area contributed by atoms with Crippen LogP contribution in [0.4, 0.5) is 0 Å². The van der Waals surface area contributed by atoms with Crippen LogP contribution in [0.15, 0.2) is 22.7 Å². The zero-order valence-corrected chi connectivity index (χ0v) is 12.4. The molecule has 4 nitrogen and oxygen atoms in total. The number of amides is 1. The van der Waals surface area contributed by atoms with Crippen molar-refractivity contribution in [2.45, 2.75) is 26.3 Å². The summed E-state index contributed by atoms with van der Waals surface area (Å²) in [4.78, 5) is 24.5. The normalized spacial score (nSPS) is 11.2. The van der Waals surface area contributed by atoms with Crippen molar-refractivity contribution in [2.75, 3.05) is 7.05 Å². The van der Waals surface area contributed by atoms with Gasteiger partial charge >= 0.3 is 5.97 Å². The zero-order chi connectivity index (χ0) is 14.1. The molecule has 0 spiro atoms. The number of aryl methyl sites for hydroxylation is 1. The van der Waals surface area contributed by atoms with Gasteiger partial charge in [0.2, 0.25) is 0 Å². The highest BCUT2D eigenvalue weighted by Crippen LogP contribution is 2.21. The van der Waals surface area contributed by atoms with Crippen molar-refractivity contribution in [3.05, 3.63) is 33.8 Å². The number of aliphatic carboxylic acids is 1. The van der Waals surface area contributed by atoms with E-state index in [4.69, 9.17) is 5.11 Å². The van der Waals surface area contributed by atoms with Crippen molar-refractivity contribution in [2.24, 2.45) is 0 Å². The predicted octanol–water partition coefficient (Wildman–Crippen LogP) is 2.69. The maximum Gasteiger partial charge on any atom is 0.329 e. The highest BCUT2D eigenvalue weighted by atomic mass is 79.9. The number of likely N-dealkylation sites (N-methyl/N-ethyl adjacent to an activating group) is 1. The van der Waals surface area contributed by atoms with E-state index in [9.17, 15) is 9.59 Å². The summed E-state index contributed by atoms with van der Waals surface area (Å²) in [7, 11) is 1.49. The van der Waals surface area contributed by atoms with Crippen LogP contribution in [-0.4, -0.2) is 34.5 Å². The lowest BCUT2D eigenvalue weighted by atomic mass is 10.0. The number of hydrogen-bond acceptors (Lipinski definition) is 2. The summed E-state index contributed by atoms with van der Waals surface area (Å²) in [6, 6.07) is 5.21. The van der Waals surface area contributed by atoms with Gasteiger partial charge in [-0.25, -0.2) is 4.79 Å². The fourth-order valence-electron chi connectivity index (χ4n) is 1.32. The molecule has 0 saturated heterocycles. The molecule has 98 valence electrons. The Morgan fingerprint density at radius 3 is 2.33 bits per heavy atom. The molecule has 1 amide bonds. The molecule has 0 fully saturated rings. The zero-order valence-electron chi connectivity index (χ0n) is 10.8. The summed E-state index contributed by atoms with van der Waals surface area (Å²) in [5.74, 6) is -1.35. The first-order valence-electron chi connectivity index (χ1n) is 5.45. The number of nitrogens with zero attached hydrogens (tertiary/aromatic N) is 1. The molecule has 0 saturated carbocycles. The van der Waals surface area contributed by atoms with Crippen LogP contribution >= 0.6 is 15.9 Å². The molecule has 18 heavy (non-hydrogen) atoms. The Kier molecular flexibility index (Phi) is 4.16. The van der Waals surface area contributed by atoms with Gasteiger partial charge in [0, 0.05) is 17.1 Å². The molecule has 0 aliphatic heterocycles. The van der Waals surface area contributed by atoms with Crippen molar-refractivity contribution in [3.8, 4) is 0 Å². The lowest BCUT2D eigenvalue weighted by molar-refractivity contribution is -0.147. The van der Waals surface area contributed by atoms with Gasteiger partial charge < -0.3 is 10.0 Å². The fourth-order valence-corrected chi connectivity index (χ4v) is 1.70. The van der Waals surface area contributed by atoms with Gasteiger partial charge in [-0.3, -0.25) is 4.79 Å². The first-order valence-corrected chi connectivity index (χ1v) is 6.25. The molecule has 0 aliphatic rings. The van der Waals surface area contributed by atoms with Crippen molar-refractivity contribution >= 4 is 27.8 Å². The van der Waals surface area contributed by atoms with E-state index in [2.05, 4.69) is 15.9 Å². The van der Waals surface area contributed by atoms with E-state index >= 15 is 0 Å². The number of carbonyl (C=O) groups excluding carboxylic acids is 1. The number of hydrogen-bond donors (Lipinski definition) is 1. The van der Waals surface area contributed by atoms with E-state index in [1.165, 1.54) is 25.8 Å². The molecular formula is C13H16BrNO3. The molecule has 1 aromatic carbocycles. The van der Waals surface area contributed by atoms with Crippen LogP contribution in [0.2, 0.25) is 0 Å². The molecule has 0 aliphatic carbocycles. The summed E-state index contributed by atoms with van der Waals surface area (Å²) in [5, 5.41) is 9.10. The second-order valence-corrected chi connectivity index (χ2v) is 5.55. The van der Waals surface area contributed by atoms with Gasteiger partial charge in [0.15, 0.2) is 0 Å². The summed E-state index contributed by atoms with van der Waals surface area (Å²) < 4.78 is 0.829. The van der Waals surface area contributed by atoms with Crippen molar-refractivity contribution < 1.29 is 14.7 Å². The van der Waals surface area contributed by atoms with Gasteiger partial charge in [-0.1, -0.05) is 22.0 Å². The van der Waals surface area contributed by atoms with E-state index in [-0.39, 0.29) is 5.91 Å². The SMILES string of the molecule is Cc1ccc(C(=O)N(C)C(C)(C)C(=O)O)cc1Br. The quantitative estimate of drug-likeness (QED) is 0.933. The van der Waals surface area contributed by atoms with Gasteiger partial charge in [-0.15, -0.1) is 0 Å². The minimum absolute atomic E-state index is 0.317. The van der Waals surface area contributed by atoms with Crippen LogP contribution in [0.3, 0.4) is 0 Å². The molecular weight excluding hydrogens is 298 g/mol. The number of benzene rings is 1. The first-order chi connectivity index (χ1) is 8.17. The Balaban J connectivity index is 3.07. The summed E-state index contributed by atoms with van der Waals surface area (Å²) in [6.07, 6.45) is 0. The number of carboxylic acids is 1. The highest BCUT2D eigenvalue weighted by Gasteiger charge is 2.35. The van der Waals surface area contributed by atoms with Crippen LogP contribution in [0, 0.1) is 6.92 Å². The van der Waals surface area contributed by atoms with Gasteiger partial charge in [-0.2, -0.15) is 0 Å². The standard InChI is InChI=1S/C13H16BrNO3/c1-8-5-6-9(7-10(8)14)11(16)15(4)13(2,3)12(17)18/h5-7H,1-4H3,(H,17,18). The third kappa shape index (κ3) is 2.72. The molecule has 5 heteroatoms. The maximum absolute atomic E-state index is 12.2. The van der Waals surface area contributed by atoms with Crippen molar-refractivity contribution in [1.82, 2.24) is 4.90 Å². The Bertz CT molecular complexity index is 497. The summed E-state index contributed by atoms with van der Waals surface area (Å²) in [6.45, 7) is 4.91. The maximum atomic E-state index is 12.2. The lowest BCUT2D eigenvalue weighted by Gasteiger charge is -2.31. The fraction of sp³-hybridized carbons (Fsp3) is 0.385. The minimum atomic E-state index is -1.24. The van der Waals surface area contributed by atoms with Crippen LogP contribution < -0.4 is 0 Å². The number of rotatable bonds is 3. The van der Waals surface area contributed by atoms with Gasteiger partial charge in [0.25, 0.3) is 5.91 Å². The topological polar surface area (TPSA) is 57.6 Å². The van der Waals surface area contributed by atoms with Crippen LogP contribution in [0.1, 0.15) is 29.8 Å². The molecule has 1 aromatic rings. The predicted molar refractivity (Wildman–Crippen MR) is 72.7 cm³/mol. The van der Waals surface area contributed by atoms with E-state index < -0.39 is 11.5 Å². The highest BCUT2D eigenvalue weighted by molar-refractivity contribution is 9.10. The van der Waals surface area contributed by atoms with Gasteiger partial charge in [0.1, 0.15) is 5.54 Å². The summed E-state index contributed by atoms with van der Waals surface area (Å²) in [5.41, 5.74) is 0.241. The molecule has 0 bridgehead atoms. The monoisotopic (exact) mass is 313 g/mol. The number of carboxylic acid groups (broad SMARTS) is 1. The Labute approximate surface area is 115 Å². The third-order valence-electron chi connectivity index (χ3n) is 3.09. The Hall–Kier alpha value is -1.36. The van der Waals surface area contributed by atoms with E-state index in [0.717, 1.165) is 10.0 Å². The first kappa shape index (κ1) is 14.7. The molecule has 0 heterocycles. The average Bonchev–Trinajstić information content (AvgIpc) is 2.30. The Morgan fingerprint density at radius 1 is 1.33 bits per heavy atom. The van der Waals surface area contributed by atoms with E-state index in [0.29, 0.717) is 5.56 Å². The van der Waals surface area contributed by atoms with E-state index in [1.54, 1.807) is 12.1 Å². The third-order valence-corrected chi connectivity index (χ3v) is 3.94. The van der Waals surface area contributed by atoms with Crippen molar-refractivity contribution in [3.63, 3.8) is 0 Å². The molecule has 1 N–H and O–H groups in total. The lowest BCUT2D eigenvalue weighted by Crippen LogP contribution is -2.50. The minimum Gasteiger partial charge on any atom is -0.480 e. The van der Waals surface area contributed by atoms with Gasteiger partial charge in [0.05, 0.1) is 0 Å². The number of carbonyl (C=O) groups is 2. The van der Waals surface area contributed by atoms with Crippen LogP contribution in [-0.2, 0) is 4.79 Å². The largest absolute Gasteiger partial charge is 0.480 e. The molecule has 0 radical (unpaired) electrons. The smallest absolute Gasteiger partial charge is 0.329 e. The second-order valence-electron chi connectivity index (χ2n) is 4.69. The molecule has 1 rings (SSSR count). The van der Waals surface area contributed by atoms with E-state index in [1.807, 2.05) is 13.0 Å². The molecule has 0 aromatic heterocycles. The summed E-state index contributed by atoms with van der Waals surface area (Å²) >= 11 is 3.36. The van der Waals surface area contributed by atoms with Crippen LogP contribution in [0.25, 0.3) is 0 Å². The van der Waals surface area contributed by atoms with Gasteiger partial charge in [-0.05, 0) is 38.5 Å². The van der Waals surface area contributed by atoms with Crippen LogP contribution in [0.5, 0.6) is 0 Å². The molecule has 0 unspecified atom stereocenters.